The molecule has 0 saturated carbocycles. The average molecular weight is 365 g/mol. The van der Waals surface area contributed by atoms with E-state index in [0.29, 0.717) is 6.04 Å². The lowest BCUT2D eigenvalue weighted by molar-refractivity contribution is 0.189. The molecule has 1 atom stereocenters. The first-order valence-corrected chi connectivity index (χ1v) is 7.46. The zero-order valence-corrected chi connectivity index (χ0v) is 13.6. The van der Waals surface area contributed by atoms with Gasteiger partial charge in [0.2, 0.25) is 0 Å². The first-order chi connectivity index (χ1) is 8.02. The number of rotatable bonds is 6. The molecule has 0 saturated heterocycles. The Morgan fingerprint density at radius 1 is 1.29 bits per heavy atom. The summed E-state index contributed by atoms with van der Waals surface area (Å²) >= 11 is 6.94. The van der Waals surface area contributed by atoms with Crippen molar-refractivity contribution in [3.8, 4) is 5.75 Å². The first-order valence-electron chi connectivity index (χ1n) is 5.88. The van der Waals surface area contributed by atoms with E-state index in [1.165, 1.54) is 0 Å². The molecular formula is C13H19Br2NO. The van der Waals surface area contributed by atoms with E-state index in [2.05, 4.69) is 57.9 Å². The fraction of sp³-hybridized carbons (Fsp3) is 0.538. The Morgan fingerprint density at radius 3 is 2.53 bits per heavy atom. The molecule has 0 radical (unpaired) electrons. The largest absolute Gasteiger partial charge is 0.488 e. The van der Waals surface area contributed by atoms with Crippen molar-refractivity contribution in [1.29, 1.82) is 0 Å². The van der Waals surface area contributed by atoms with Gasteiger partial charge in [-0.3, -0.25) is 0 Å². The van der Waals surface area contributed by atoms with Crippen LogP contribution in [0.2, 0.25) is 0 Å². The van der Waals surface area contributed by atoms with Gasteiger partial charge in [0.15, 0.2) is 0 Å². The second kappa shape index (κ2) is 7.39. The van der Waals surface area contributed by atoms with Crippen LogP contribution in [0.3, 0.4) is 0 Å². The van der Waals surface area contributed by atoms with Gasteiger partial charge in [-0.15, -0.1) is 0 Å². The van der Waals surface area contributed by atoms with Crippen LogP contribution in [0.25, 0.3) is 0 Å². The predicted molar refractivity (Wildman–Crippen MR) is 79.7 cm³/mol. The molecule has 0 aliphatic carbocycles. The summed E-state index contributed by atoms with van der Waals surface area (Å²) in [6.07, 6.45) is 1.19. The number of hydrogen-bond donors (Lipinski definition) is 1. The maximum atomic E-state index is 5.97. The Balaban J connectivity index is 2.60. The van der Waals surface area contributed by atoms with Crippen molar-refractivity contribution >= 4 is 31.9 Å². The van der Waals surface area contributed by atoms with Gasteiger partial charge in [0.05, 0.1) is 4.47 Å². The molecule has 1 rings (SSSR count). The summed E-state index contributed by atoms with van der Waals surface area (Å²) in [6.45, 7) is 7.29. The number of benzene rings is 1. The third-order valence-electron chi connectivity index (χ3n) is 2.40. The Morgan fingerprint density at radius 2 is 2.00 bits per heavy atom. The molecule has 1 aromatic carbocycles. The standard InChI is InChI=1S/C13H19Br2NO/c1-4-11(8-16-9(2)3)17-13-6-5-10(14)7-12(13)15/h5-7,9,11,16H,4,8H2,1-3H3. The van der Waals surface area contributed by atoms with Gasteiger partial charge in [-0.05, 0) is 40.5 Å². The summed E-state index contributed by atoms with van der Waals surface area (Å²) in [6, 6.07) is 6.45. The van der Waals surface area contributed by atoms with E-state index in [1.54, 1.807) is 0 Å². The molecule has 4 heteroatoms. The number of halogens is 2. The highest BCUT2D eigenvalue weighted by Gasteiger charge is 2.10. The van der Waals surface area contributed by atoms with Gasteiger partial charge in [-0.25, -0.2) is 0 Å². The molecule has 0 aliphatic heterocycles. The van der Waals surface area contributed by atoms with E-state index >= 15 is 0 Å². The minimum absolute atomic E-state index is 0.204. The molecule has 0 spiro atoms. The van der Waals surface area contributed by atoms with Crippen molar-refractivity contribution in [2.75, 3.05) is 6.54 Å². The highest BCUT2D eigenvalue weighted by atomic mass is 79.9. The molecule has 0 aromatic heterocycles. The van der Waals surface area contributed by atoms with E-state index in [1.807, 2.05) is 18.2 Å². The zero-order chi connectivity index (χ0) is 12.8. The Labute approximate surface area is 120 Å². The van der Waals surface area contributed by atoms with E-state index in [-0.39, 0.29) is 6.10 Å². The maximum absolute atomic E-state index is 5.97. The predicted octanol–water partition coefficient (Wildman–Crippen LogP) is 4.37. The van der Waals surface area contributed by atoms with Crippen LogP contribution in [-0.4, -0.2) is 18.7 Å². The highest BCUT2D eigenvalue weighted by molar-refractivity contribution is 9.11. The fourth-order valence-electron chi connectivity index (χ4n) is 1.39. The van der Waals surface area contributed by atoms with Gasteiger partial charge in [-0.1, -0.05) is 36.7 Å². The maximum Gasteiger partial charge on any atom is 0.134 e. The second-order valence-corrected chi connectivity index (χ2v) is 6.06. The number of nitrogens with one attached hydrogen (secondary N) is 1. The molecule has 0 fully saturated rings. The average Bonchev–Trinajstić information content (AvgIpc) is 2.26. The molecular weight excluding hydrogens is 346 g/mol. The van der Waals surface area contributed by atoms with Crippen LogP contribution >= 0.6 is 31.9 Å². The number of hydrogen-bond acceptors (Lipinski definition) is 2. The van der Waals surface area contributed by atoms with Crippen molar-refractivity contribution in [3.05, 3.63) is 27.1 Å². The lowest BCUT2D eigenvalue weighted by Gasteiger charge is -2.20. The Bertz CT molecular complexity index is 355. The number of ether oxygens (including phenoxy) is 1. The molecule has 2 nitrogen and oxygen atoms in total. The summed E-state index contributed by atoms with van der Waals surface area (Å²) in [5.74, 6) is 0.894. The van der Waals surface area contributed by atoms with E-state index in [4.69, 9.17) is 4.74 Å². The smallest absolute Gasteiger partial charge is 0.134 e. The lowest BCUT2D eigenvalue weighted by atomic mass is 10.2. The van der Waals surface area contributed by atoms with Crippen molar-refractivity contribution in [1.82, 2.24) is 5.32 Å². The molecule has 17 heavy (non-hydrogen) atoms. The first kappa shape index (κ1) is 15.0. The topological polar surface area (TPSA) is 21.3 Å². The minimum Gasteiger partial charge on any atom is -0.488 e. The third kappa shape index (κ3) is 5.40. The van der Waals surface area contributed by atoms with E-state index in [9.17, 15) is 0 Å². The molecule has 0 amide bonds. The highest BCUT2D eigenvalue weighted by Crippen LogP contribution is 2.29. The summed E-state index contributed by atoms with van der Waals surface area (Å²) in [7, 11) is 0. The molecule has 0 bridgehead atoms. The second-order valence-electron chi connectivity index (χ2n) is 4.29. The van der Waals surface area contributed by atoms with Crippen LogP contribution in [0.1, 0.15) is 27.2 Å². The van der Waals surface area contributed by atoms with Crippen LogP contribution in [0, 0.1) is 0 Å². The van der Waals surface area contributed by atoms with Gasteiger partial charge < -0.3 is 10.1 Å². The third-order valence-corrected chi connectivity index (χ3v) is 3.51. The van der Waals surface area contributed by atoms with Crippen LogP contribution in [0.15, 0.2) is 27.1 Å². The van der Waals surface area contributed by atoms with Crippen molar-refractivity contribution < 1.29 is 4.74 Å². The van der Waals surface area contributed by atoms with Crippen LogP contribution < -0.4 is 10.1 Å². The molecule has 0 aliphatic rings. The fourth-order valence-corrected chi connectivity index (χ4v) is 2.53. The van der Waals surface area contributed by atoms with E-state index in [0.717, 1.165) is 27.7 Å². The lowest BCUT2D eigenvalue weighted by Crippen LogP contribution is -2.34. The van der Waals surface area contributed by atoms with Crippen LogP contribution in [-0.2, 0) is 0 Å². The SMILES string of the molecule is CCC(CNC(C)C)Oc1ccc(Br)cc1Br. The molecule has 96 valence electrons. The monoisotopic (exact) mass is 363 g/mol. The van der Waals surface area contributed by atoms with Crippen LogP contribution in [0.5, 0.6) is 5.75 Å². The van der Waals surface area contributed by atoms with Gasteiger partial charge in [0.25, 0.3) is 0 Å². The van der Waals surface area contributed by atoms with Crippen molar-refractivity contribution in [2.24, 2.45) is 0 Å². The quantitative estimate of drug-likeness (QED) is 0.809. The van der Waals surface area contributed by atoms with Gasteiger partial charge in [-0.2, -0.15) is 0 Å². The normalized spacial score (nSPS) is 12.8. The summed E-state index contributed by atoms with van der Waals surface area (Å²) < 4.78 is 8.00. The summed E-state index contributed by atoms with van der Waals surface area (Å²) in [5, 5.41) is 3.40. The van der Waals surface area contributed by atoms with Crippen molar-refractivity contribution in [2.45, 2.75) is 39.3 Å². The molecule has 1 aromatic rings. The van der Waals surface area contributed by atoms with Crippen molar-refractivity contribution in [3.63, 3.8) is 0 Å². The van der Waals surface area contributed by atoms with E-state index < -0.39 is 0 Å². The Hall–Kier alpha value is -0.0600. The molecule has 1 N–H and O–H groups in total. The van der Waals surface area contributed by atoms with Gasteiger partial charge >= 0.3 is 0 Å². The summed E-state index contributed by atoms with van der Waals surface area (Å²) in [5.41, 5.74) is 0. The minimum atomic E-state index is 0.204. The Kier molecular flexibility index (Phi) is 6.52. The zero-order valence-electron chi connectivity index (χ0n) is 10.5. The molecule has 1 unspecified atom stereocenters. The van der Waals surface area contributed by atoms with Gasteiger partial charge in [0, 0.05) is 17.1 Å². The van der Waals surface area contributed by atoms with Gasteiger partial charge in [0.1, 0.15) is 11.9 Å². The molecule has 0 heterocycles. The van der Waals surface area contributed by atoms with Crippen LogP contribution in [0.4, 0.5) is 0 Å². The summed E-state index contributed by atoms with van der Waals surface area (Å²) in [4.78, 5) is 0.